The topological polar surface area (TPSA) is 81.0 Å². The largest absolute Gasteiger partial charge is 0.344 e. The zero-order valence-corrected chi connectivity index (χ0v) is 11.1. The van der Waals surface area contributed by atoms with Crippen molar-refractivity contribution in [1.29, 1.82) is 0 Å². The molecular formula is C13H18N4O2. The normalized spacial score (nSPS) is 10.8. The summed E-state index contributed by atoms with van der Waals surface area (Å²) in [7, 11) is 3.54. The van der Waals surface area contributed by atoms with Crippen LogP contribution in [-0.4, -0.2) is 48.0 Å². The minimum atomic E-state index is -0.200. The van der Waals surface area contributed by atoms with E-state index >= 15 is 0 Å². The zero-order chi connectivity index (χ0) is 13.8. The molecule has 6 heteroatoms. The van der Waals surface area contributed by atoms with Crippen molar-refractivity contribution in [2.24, 2.45) is 0 Å². The molecule has 1 aromatic heterocycles. The molecule has 0 aliphatic heterocycles. The van der Waals surface area contributed by atoms with Gasteiger partial charge in [0.25, 0.3) is 0 Å². The van der Waals surface area contributed by atoms with Crippen LogP contribution in [0.3, 0.4) is 0 Å². The van der Waals surface area contributed by atoms with Crippen molar-refractivity contribution in [3.63, 3.8) is 0 Å². The Morgan fingerprint density at radius 2 is 2.05 bits per heavy atom. The highest BCUT2D eigenvalue weighted by Gasteiger charge is 2.07. The highest BCUT2D eigenvalue weighted by atomic mass is 16.2. The van der Waals surface area contributed by atoms with Crippen LogP contribution in [0.5, 0.6) is 0 Å². The third kappa shape index (κ3) is 3.23. The van der Waals surface area contributed by atoms with E-state index < -0.39 is 0 Å². The van der Waals surface area contributed by atoms with E-state index in [1.54, 1.807) is 19.0 Å². The minimum Gasteiger partial charge on any atom is -0.344 e. The number of imidazole rings is 1. The second-order valence-corrected chi connectivity index (χ2v) is 4.55. The van der Waals surface area contributed by atoms with E-state index in [4.69, 9.17) is 0 Å². The lowest BCUT2D eigenvalue weighted by Gasteiger charge is -2.16. The highest BCUT2D eigenvalue weighted by Crippen LogP contribution is 2.10. The van der Waals surface area contributed by atoms with E-state index in [2.05, 4.69) is 15.3 Å². The number of nitrogens with one attached hydrogen (secondary N) is 3. The van der Waals surface area contributed by atoms with Crippen LogP contribution in [-0.2, 0) is 11.2 Å². The standard InChI is InChI=1S/C13H18N4O2/c1-14-8-12(18)17(2)6-5-9-3-4-10-11(7-9)16-13(19)15-10/h3-4,7,14H,5-6,8H2,1-2H3,(H2,15,16,19). The number of carbonyl (C=O) groups is 1. The summed E-state index contributed by atoms with van der Waals surface area (Å²) in [6, 6.07) is 5.77. The molecule has 0 radical (unpaired) electrons. The van der Waals surface area contributed by atoms with E-state index in [1.165, 1.54) is 0 Å². The highest BCUT2D eigenvalue weighted by molar-refractivity contribution is 5.78. The zero-order valence-electron chi connectivity index (χ0n) is 11.1. The number of H-pyrrole nitrogens is 2. The summed E-state index contributed by atoms with van der Waals surface area (Å²) in [5, 5.41) is 2.84. The maximum atomic E-state index is 11.6. The summed E-state index contributed by atoms with van der Waals surface area (Å²) in [6.45, 7) is 1.00. The smallest absolute Gasteiger partial charge is 0.323 e. The van der Waals surface area contributed by atoms with E-state index in [0.29, 0.717) is 13.1 Å². The molecule has 2 rings (SSSR count). The number of hydrogen-bond acceptors (Lipinski definition) is 3. The Bertz CT molecular complexity index is 629. The van der Waals surface area contributed by atoms with E-state index in [-0.39, 0.29) is 11.6 Å². The summed E-state index contributed by atoms with van der Waals surface area (Å²) in [5.74, 6) is 0.0682. The maximum absolute atomic E-state index is 11.6. The Labute approximate surface area is 110 Å². The van der Waals surface area contributed by atoms with E-state index in [0.717, 1.165) is 23.0 Å². The van der Waals surface area contributed by atoms with Gasteiger partial charge in [-0.25, -0.2) is 4.79 Å². The first-order chi connectivity index (χ1) is 9.10. The number of amides is 1. The maximum Gasteiger partial charge on any atom is 0.323 e. The average molecular weight is 262 g/mol. The molecule has 0 aliphatic carbocycles. The lowest BCUT2D eigenvalue weighted by atomic mass is 10.1. The van der Waals surface area contributed by atoms with Crippen molar-refractivity contribution in [1.82, 2.24) is 20.2 Å². The summed E-state index contributed by atoms with van der Waals surface area (Å²) in [6.07, 6.45) is 0.759. The first-order valence-corrected chi connectivity index (χ1v) is 6.19. The van der Waals surface area contributed by atoms with Gasteiger partial charge in [0.15, 0.2) is 0 Å². The molecule has 0 bridgehead atoms. The third-order valence-corrected chi connectivity index (χ3v) is 3.07. The first-order valence-electron chi connectivity index (χ1n) is 6.19. The molecule has 0 saturated heterocycles. The third-order valence-electron chi connectivity index (χ3n) is 3.07. The second-order valence-electron chi connectivity index (χ2n) is 4.55. The molecule has 102 valence electrons. The number of hydrogen-bond donors (Lipinski definition) is 3. The molecule has 1 aromatic carbocycles. The molecule has 0 unspecified atom stereocenters. The Balaban J connectivity index is 2.01. The molecular weight excluding hydrogens is 244 g/mol. The Morgan fingerprint density at radius 3 is 2.79 bits per heavy atom. The number of fused-ring (bicyclic) bond motifs is 1. The molecule has 2 aromatic rings. The van der Waals surface area contributed by atoms with Crippen molar-refractivity contribution < 1.29 is 4.79 Å². The van der Waals surface area contributed by atoms with Crippen molar-refractivity contribution in [3.8, 4) is 0 Å². The lowest BCUT2D eigenvalue weighted by molar-refractivity contribution is -0.128. The van der Waals surface area contributed by atoms with Crippen molar-refractivity contribution in [2.45, 2.75) is 6.42 Å². The average Bonchev–Trinajstić information content (AvgIpc) is 2.75. The second kappa shape index (κ2) is 5.71. The van der Waals surface area contributed by atoms with Gasteiger partial charge < -0.3 is 20.2 Å². The van der Waals surface area contributed by atoms with Gasteiger partial charge in [0.1, 0.15) is 0 Å². The van der Waals surface area contributed by atoms with Gasteiger partial charge in [0.05, 0.1) is 17.6 Å². The number of aromatic amines is 2. The quantitative estimate of drug-likeness (QED) is 0.713. The van der Waals surface area contributed by atoms with Gasteiger partial charge in [-0.15, -0.1) is 0 Å². The number of carbonyl (C=O) groups excluding carboxylic acids is 1. The van der Waals surface area contributed by atoms with Gasteiger partial charge in [-0.3, -0.25) is 4.79 Å². The number of nitrogens with zero attached hydrogens (tertiary/aromatic N) is 1. The molecule has 19 heavy (non-hydrogen) atoms. The molecule has 6 nitrogen and oxygen atoms in total. The summed E-state index contributed by atoms with van der Waals surface area (Å²) < 4.78 is 0. The first kappa shape index (κ1) is 13.4. The summed E-state index contributed by atoms with van der Waals surface area (Å²) >= 11 is 0. The SMILES string of the molecule is CNCC(=O)N(C)CCc1ccc2[nH]c(=O)[nH]c2c1. The van der Waals surface area contributed by atoms with E-state index in [9.17, 15) is 9.59 Å². The fraction of sp³-hybridized carbons (Fsp3) is 0.385. The monoisotopic (exact) mass is 262 g/mol. The molecule has 3 N–H and O–H groups in total. The molecule has 0 atom stereocenters. The number of rotatable bonds is 5. The summed E-state index contributed by atoms with van der Waals surface area (Å²) in [5.41, 5.74) is 2.49. The van der Waals surface area contributed by atoms with Crippen LogP contribution in [0.2, 0.25) is 0 Å². The number of benzene rings is 1. The van der Waals surface area contributed by atoms with Crippen LogP contribution < -0.4 is 11.0 Å². The molecule has 0 aliphatic rings. The molecule has 0 saturated carbocycles. The van der Waals surface area contributed by atoms with Gasteiger partial charge in [-0.05, 0) is 31.2 Å². The van der Waals surface area contributed by atoms with Gasteiger partial charge in [0, 0.05) is 13.6 Å². The predicted molar refractivity (Wildman–Crippen MR) is 74.2 cm³/mol. The van der Waals surface area contributed by atoms with Gasteiger partial charge in [0.2, 0.25) is 5.91 Å². The van der Waals surface area contributed by atoms with Crippen molar-refractivity contribution in [2.75, 3.05) is 27.2 Å². The van der Waals surface area contributed by atoms with Crippen LogP contribution in [0.4, 0.5) is 0 Å². The predicted octanol–water partition coefficient (Wildman–Crippen LogP) is 0.0765. The van der Waals surface area contributed by atoms with Crippen LogP contribution >= 0.6 is 0 Å². The number of likely N-dealkylation sites (N-methyl/N-ethyl adjacent to an activating group) is 2. The van der Waals surface area contributed by atoms with Crippen LogP contribution in [0.1, 0.15) is 5.56 Å². The Morgan fingerprint density at radius 1 is 1.32 bits per heavy atom. The molecule has 1 heterocycles. The van der Waals surface area contributed by atoms with Crippen LogP contribution in [0.25, 0.3) is 11.0 Å². The summed E-state index contributed by atoms with van der Waals surface area (Å²) in [4.78, 5) is 29.9. The minimum absolute atomic E-state index is 0.0682. The van der Waals surface area contributed by atoms with Crippen molar-refractivity contribution >= 4 is 16.9 Å². The fourth-order valence-electron chi connectivity index (χ4n) is 1.94. The molecule has 0 fully saturated rings. The van der Waals surface area contributed by atoms with E-state index in [1.807, 2.05) is 18.2 Å². The molecule has 1 amide bonds. The number of aromatic nitrogens is 2. The molecule has 0 spiro atoms. The van der Waals surface area contributed by atoms with Crippen LogP contribution in [0, 0.1) is 0 Å². The van der Waals surface area contributed by atoms with Gasteiger partial charge in [-0.1, -0.05) is 6.07 Å². The van der Waals surface area contributed by atoms with Gasteiger partial charge in [-0.2, -0.15) is 0 Å². The van der Waals surface area contributed by atoms with Crippen molar-refractivity contribution in [3.05, 3.63) is 34.2 Å². The lowest BCUT2D eigenvalue weighted by Crippen LogP contribution is -2.35. The van der Waals surface area contributed by atoms with Crippen LogP contribution in [0.15, 0.2) is 23.0 Å². The van der Waals surface area contributed by atoms with Gasteiger partial charge >= 0.3 is 5.69 Å². The Kier molecular flexibility index (Phi) is 4.01. The fourth-order valence-corrected chi connectivity index (χ4v) is 1.94. The Hall–Kier alpha value is -2.08.